The molecule has 8 heteroatoms. The molecule has 1 saturated heterocycles. The Balaban J connectivity index is 2.46. The number of piperazine rings is 1. The normalized spacial score (nSPS) is 17.2. The van der Waals surface area contributed by atoms with Crippen LogP contribution < -0.4 is 0 Å². The summed E-state index contributed by atoms with van der Waals surface area (Å²) in [5.41, 5.74) is 0. The quantitative estimate of drug-likeness (QED) is 0.689. The van der Waals surface area contributed by atoms with Crippen molar-refractivity contribution < 1.29 is 27.5 Å². The predicted octanol–water partition coefficient (Wildman–Crippen LogP) is -0.134. The van der Waals surface area contributed by atoms with Crippen LogP contribution in [-0.4, -0.2) is 67.7 Å². The molecular formula is C9H13F3N2O3. The first-order valence-electron chi connectivity index (χ1n) is 4.99. The lowest BCUT2D eigenvalue weighted by molar-refractivity contribution is -0.187. The number of amides is 2. The Morgan fingerprint density at radius 1 is 1.12 bits per heavy atom. The zero-order valence-electron chi connectivity index (χ0n) is 9.29. The molecule has 0 radical (unpaired) electrons. The van der Waals surface area contributed by atoms with E-state index >= 15 is 0 Å². The monoisotopic (exact) mass is 254 g/mol. The van der Waals surface area contributed by atoms with Crippen molar-refractivity contribution in [3.8, 4) is 0 Å². The number of nitrogens with zero attached hydrogens (tertiary/aromatic N) is 2. The van der Waals surface area contributed by atoms with Gasteiger partial charge >= 0.3 is 12.1 Å². The van der Waals surface area contributed by atoms with E-state index in [1.807, 2.05) is 0 Å². The lowest BCUT2D eigenvalue weighted by Crippen LogP contribution is -2.54. The number of carbonyl (C=O) groups excluding carboxylic acids is 2. The van der Waals surface area contributed by atoms with Crippen LogP contribution in [0.15, 0.2) is 0 Å². The van der Waals surface area contributed by atoms with Crippen molar-refractivity contribution in [3.63, 3.8) is 0 Å². The van der Waals surface area contributed by atoms with Crippen molar-refractivity contribution in [1.29, 1.82) is 0 Å². The lowest BCUT2D eigenvalue weighted by atomic mass is 10.3. The zero-order chi connectivity index (χ0) is 13.1. The third kappa shape index (κ3) is 3.58. The van der Waals surface area contributed by atoms with E-state index in [9.17, 15) is 22.8 Å². The summed E-state index contributed by atoms with van der Waals surface area (Å²) >= 11 is 0. The molecule has 1 fully saturated rings. The molecule has 1 aliphatic heterocycles. The summed E-state index contributed by atoms with van der Waals surface area (Å²) in [6.45, 7) is -0.108. The average molecular weight is 254 g/mol. The second kappa shape index (κ2) is 5.35. The highest BCUT2D eigenvalue weighted by molar-refractivity contribution is 5.82. The number of hydrogen-bond acceptors (Lipinski definition) is 3. The molecule has 1 heterocycles. The van der Waals surface area contributed by atoms with E-state index in [1.165, 1.54) is 12.0 Å². The van der Waals surface area contributed by atoms with Gasteiger partial charge in [-0.3, -0.25) is 9.59 Å². The molecule has 0 bridgehead atoms. The van der Waals surface area contributed by atoms with Crippen LogP contribution in [0.5, 0.6) is 0 Å². The largest absolute Gasteiger partial charge is 0.471 e. The van der Waals surface area contributed by atoms with E-state index in [1.54, 1.807) is 0 Å². The maximum absolute atomic E-state index is 12.1. The van der Waals surface area contributed by atoms with Crippen molar-refractivity contribution in [1.82, 2.24) is 9.80 Å². The fourth-order valence-electron chi connectivity index (χ4n) is 1.55. The predicted molar refractivity (Wildman–Crippen MR) is 51.1 cm³/mol. The Hall–Kier alpha value is -1.31. The Morgan fingerprint density at radius 3 is 2.00 bits per heavy atom. The topological polar surface area (TPSA) is 49.9 Å². The van der Waals surface area contributed by atoms with Crippen LogP contribution in [0.1, 0.15) is 0 Å². The van der Waals surface area contributed by atoms with E-state index in [2.05, 4.69) is 4.74 Å². The highest BCUT2D eigenvalue weighted by Crippen LogP contribution is 2.19. The molecule has 1 aliphatic rings. The Morgan fingerprint density at radius 2 is 1.59 bits per heavy atom. The number of ether oxygens (including phenoxy) is 1. The second-order valence-electron chi connectivity index (χ2n) is 3.60. The molecule has 0 atom stereocenters. The van der Waals surface area contributed by atoms with E-state index in [4.69, 9.17) is 0 Å². The maximum Gasteiger partial charge on any atom is 0.471 e. The van der Waals surface area contributed by atoms with Crippen LogP contribution >= 0.6 is 0 Å². The van der Waals surface area contributed by atoms with Crippen LogP contribution in [0.4, 0.5) is 13.2 Å². The second-order valence-corrected chi connectivity index (χ2v) is 3.60. The lowest BCUT2D eigenvalue weighted by Gasteiger charge is -2.34. The van der Waals surface area contributed by atoms with Gasteiger partial charge in [0.2, 0.25) is 5.91 Å². The zero-order valence-corrected chi connectivity index (χ0v) is 9.29. The standard InChI is InChI=1S/C9H13F3N2O3/c1-17-6-7(15)13-2-4-14(5-3-13)8(16)9(10,11)12/h2-6H2,1H3. The third-order valence-electron chi connectivity index (χ3n) is 2.43. The molecule has 0 aromatic carbocycles. The first-order chi connectivity index (χ1) is 7.86. The van der Waals surface area contributed by atoms with Gasteiger partial charge in [-0.2, -0.15) is 13.2 Å². The summed E-state index contributed by atoms with van der Waals surface area (Å²) in [5, 5.41) is 0. The Kier molecular flexibility index (Phi) is 4.33. The van der Waals surface area contributed by atoms with E-state index in [0.717, 1.165) is 0 Å². The summed E-state index contributed by atoms with van der Waals surface area (Å²) in [5.74, 6) is -2.14. The summed E-state index contributed by atoms with van der Waals surface area (Å²) in [6.07, 6.45) is -4.85. The fourth-order valence-corrected chi connectivity index (χ4v) is 1.55. The number of carbonyl (C=O) groups is 2. The summed E-state index contributed by atoms with van der Waals surface area (Å²) in [4.78, 5) is 24.3. The minimum atomic E-state index is -4.85. The van der Waals surface area contributed by atoms with Crippen molar-refractivity contribution in [2.75, 3.05) is 39.9 Å². The number of halogens is 3. The summed E-state index contributed by atoms with van der Waals surface area (Å²) in [6, 6.07) is 0. The van der Waals surface area contributed by atoms with Crippen LogP contribution in [0.3, 0.4) is 0 Å². The van der Waals surface area contributed by atoms with Gasteiger partial charge in [-0.05, 0) is 0 Å². The minimum Gasteiger partial charge on any atom is -0.375 e. The smallest absolute Gasteiger partial charge is 0.375 e. The molecule has 0 unspecified atom stereocenters. The van der Waals surface area contributed by atoms with Gasteiger partial charge in [0.05, 0.1) is 0 Å². The van der Waals surface area contributed by atoms with Crippen molar-refractivity contribution in [2.24, 2.45) is 0 Å². The molecule has 0 aromatic heterocycles. The van der Waals surface area contributed by atoms with E-state index in [0.29, 0.717) is 4.90 Å². The fraction of sp³-hybridized carbons (Fsp3) is 0.778. The van der Waals surface area contributed by atoms with Gasteiger partial charge in [-0.15, -0.1) is 0 Å². The SMILES string of the molecule is COCC(=O)N1CCN(C(=O)C(F)(F)F)CC1. The van der Waals surface area contributed by atoms with Crippen LogP contribution in [0, 0.1) is 0 Å². The molecule has 0 N–H and O–H groups in total. The van der Waals surface area contributed by atoms with Gasteiger partial charge in [-0.1, -0.05) is 0 Å². The molecule has 17 heavy (non-hydrogen) atoms. The molecule has 2 amide bonds. The first-order valence-corrected chi connectivity index (χ1v) is 4.99. The van der Waals surface area contributed by atoms with Gasteiger partial charge in [0.25, 0.3) is 0 Å². The number of hydrogen-bond donors (Lipinski definition) is 0. The maximum atomic E-state index is 12.1. The molecule has 0 aliphatic carbocycles. The summed E-state index contributed by atoms with van der Waals surface area (Å²) in [7, 11) is 1.36. The van der Waals surface area contributed by atoms with E-state index in [-0.39, 0.29) is 38.7 Å². The highest BCUT2D eigenvalue weighted by Gasteiger charge is 2.43. The number of rotatable bonds is 2. The first kappa shape index (κ1) is 13.8. The van der Waals surface area contributed by atoms with Gasteiger partial charge in [0, 0.05) is 33.3 Å². The van der Waals surface area contributed by atoms with Gasteiger partial charge < -0.3 is 14.5 Å². The minimum absolute atomic E-state index is 0.101. The molecular weight excluding hydrogens is 241 g/mol. The highest BCUT2D eigenvalue weighted by atomic mass is 19.4. The molecule has 0 saturated carbocycles. The Bertz CT molecular complexity index is 298. The average Bonchev–Trinajstić information content (AvgIpc) is 2.27. The number of alkyl halides is 3. The molecule has 5 nitrogen and oxygen atoms in total. The van der Waals surface area contributed by atoms with Crippen LogP contribution in [-0.2, 0) is 14.3 Å². The van der Waals surface area contributed by atoms with Crippen LogP contribution in [0.25, 0.3) is 0 Å². The van der Waals surface area contributed by atoms with Crippen molar-refractivity contribution >= 4 is 11.8 Å². The molecule has 98 valence electrons. The third-order valence-corrected chi connectivity index (χ3v) is 2.43. The van der Waals surface area contributed by atoms with Gasteiger partial charge in [0.1, 0.15) is 6.61 Å². The molecule has 0 spiro atoms. The van der Waals surface area contributed by atoms with Gasteiger partial charge in [0.15, 0.2) is 0 Å². The Labute approximate surface area is 96.1 Å². The van der Waals surface area contributed by atoms with Crippen molar-refractivity contribution in [3.05, 3.63) is 0 Å². The molecule has 1 rings (SSSR count). The van der Waals surface area contributed by atoms with Crippen molar-refractivity contribution in [2.45, 2.75) is 6.18 Å². The van der Waals surface area contributed by atoms with E-state index < -0.39 is 12.1 Å². The molecule has 0 aromatic rings. The van der Waals surface area contributed by atoms with Gasteiger partial charge in [-0.25, -0.2) is 0 Å². The van der Waals surface area contributed by atoms with Crippen LogP contribution in [0.2, 0.25) is 0 Å². The summed E-state index contributed by atoms with van der Waals surface area (Å²) < 4.78 is 41.0. The number of methoxy groups -OCH3 is 1.